The number of hydrogen-bond donors (Lipinski definition) is 4. The van der Waals surface area contributed by atoms with Crippen LogP contribution >= 0.6 is 23.5 Å². The van der Waals surface area contributed by atoms with E-state index in [0.29, 0.717) is 12.0 Å². The van der Waals surface area contributed by atoms with Crippen LogP contribution in [-0.2, 0) is 58.6 Å². The molecule has 0 spiro atoms. The molecule has 238 valence electrons. The molecule has 0 amide bonds. The number of phosphoric acid groups is 3. The third-order valence-corrected chi connectivity index (χ3v) is 10.6. The van der Waals surface area contributed by atoms with E-state index in [1.54, 1.807) is 30.3 Å². The molecule has 4 N–H and O–H groups in total. The lowest BCUT2D eigenvalue weighted by atomic mass is 10.1. The third-order valence-electron chi connectivity index (χ3n) is 6.33. The highest BCUT2D eigenvalue weighted by atomic mass is 31.3. The van der Waals surface area contributed by atoms with Gasteiger partial charge in [-0.25, -0.2) is 18.5 Å². The van der Waals surface area contributed by atoms with Crippen LogP contribution < -0.4 is 11.2 Å². The van der Waals surface area contributed by atoms with Gasteiger partial charge in [-0.3, -0.25) is 23.4 Å². The van der Waals surface area contributed by atoms with Crippen molar-refractivity contribution in [3.63, 3.8) is 0 Å². The Morgan fingerprint density at radius 3 is 1.98 bits per heavy atom. The summed E-state index contributed by atoms with van der Waals surface area (Å²) in [6.07, 6.45) is -3.65. The molecular weight excluding hydrogens is 649 g/mol. The van der Waals surface area contributed by atoms with Crippen LogP contribution in [0.4, 0.5) is 0 Å². The number of benzene rings is 2. The van der Waals surface area contributed by atoms with Crippen molar-refractivity contribution in [1.82, 2.24) is 9.55 Å². The Bertz CT molecular complexity index is 1700. The monoisotopic (exact) mass is 676 g/mol. The Kier molecular flexibility index (Phi) is 10.00. The number of aromatic nitrogens is 2. The predicted octanol–water partition coefficient (Wildman–Crippen LogP) is 2.35. The van der Waals surface area contributed by atoms with Crippen molar-refractivity contribution < 1.29 is 60.3 Å². The standard InChI is InChI=1S/C24H27N2O15P3/c27-19-11-12-26(24(28)25-19)23-22-21(38-20(39-22)13-16-7-3-1-4-8-16)18(37-23)15-36-43(31,32)41-44(33,34)40-42(29,30)35-14-17-9-5-2-6-10-17/h1-12,18,20-23H,13-15H2,(H,29,30)(H,31,32)(H,33,34)(H,25,27,28)/t18-,20?,21?,22+,23-/m1/s1. The summed E-state index contributed by atoms with van der Waals surface area (Å²) >= 11 is 0. The minimum absolute atomic E-state index is 0.300. The van der Waals surface area contributed by atoms with Gasteiger partial charge in [0.05, 0.1) is 13.2 Å². The van der Waals surface area contributed by atoms with Gasteiger partial charge in [0.2, 0.25) is 0 Å². The van der Waals surface area contributed by atoms with Crippen LogP contribution in [-0.4, -0.2) is 55.4 Å². The molecule has 2 aliphatic rings. The van der Waals surface area contributed by atoms with Crippen molar-refractivity contribution in [2.75, 3.05) is 6.61 Å². The van der Waals surface area contributed by atoms with Crippen molar-refractivity contribution in [3.8, 4) is 0 Å². The molecule has 2 fully saturated rings. The van der Waals surface area contributed by atoms with Gasteiger partial charge in [0, 0.05) is 18.7 Å². The largest absolute Gasteiger partial charge is 0.490 e. The van der Waals surface area contributed by atoms with E-state index in [0.717, 1.165) is 16.2 Å². The van der Waals surface area contributed by atoms with Gasteiger partial charge in [-0.1, -0.05) is 60.7 Å². The van der Waals surface area contributed by atoms with Crippen molar-refractivity contribution in [2.24, 2.45) is 0 Å². The number of hydrogen-bond acceptors (Lipinski definition) is 12. The van der Waals surface area contributed by atoms with E-state index >= 15 is 0 Å². The summed E-state index contributed by atoms with van der Waals surface area (Å²) in [6, 6.07) is 18.2. The molecule has 2 aliphatic heterocycles. The normalized spacial score (nSPS) is 27.2. The maximum atomic E-state index is 12.6. The number of H-pyrrole nitrogens is 1. The van der Waals surface area contributed by atoms with Crippen LogP contribution in [0.2, 0.25) is 0 Å². The number of fused-ring (bicyclic) bond motifs is 1. The Morgan fingerprint density at radius 1 is 0.750 bits per heavy atom. The number of aromatic amines is 1. The van der Waals surface area contributed by atoms with E-state index in [-0.39, 0.29) is 0 Å². The number of nitrogens with zero attached hydrogens (tertiary/aromatic N) is 1. The molecule has 0 bridgehead atoms. The van der Waals surface area contributed by atoms with Gasteiger partial charge in [0.25, 0.3) is 5.56 Å². The molecule has 2 saturated heterocycles. The average molecular weight is 676 g/mol. The highest BCUT2D eigenvalue weighted by Crippen LogP contribution is 2.68. The van der Waals surface area contributed by atoms with Gasteiger partial charge in [0.1, 0.15) is 18.3 Å². The highest BCUT2D eigenvalue weighted by Gasteiger charge is 2.54. The fourth-order valence-corrected chi connectivity index (χ4v) is 8.01. The van der Waals surface area contributed by atoms with Crippen molar-refractivity contribution in [3.05, 3.63) is 105 Å². The number of nitrogens with one attached hydrogen (secondary N) is 1. The summed E-state index contributed by atoms with van der Waals surface area (Å²) in [5.41, 5.74) is -0.185. The zero-order chi connectivity index (χ0) is 31.5. The summed E-state index contributed by atoms with van der Waals surface area (Å²) in [4.78, 5) is 56.0. The van der Waals surface area contributed by atoms with Crippen molar-refractivity contribution in [2.45, 2.75) is 43.9 Å². The highest BCUT2D eigenvalue weighted by molar-refractivity contribution is 7.66. The van der Waals surface area contributed by atoms with Crippen molar-refractivity contribution in [1.29, 1.82) is 0 Å². The molecule has 8 atom stereocenters. The third kappa shape index (κ3) is 8.56. The van der Waals surface area contributed by atoms with E-state index in [4.69, 9.17) is 18.7 Å². The Morgan fingerprint density at radius 2 is 1.34 bits per heavy atom. The minimum atomic E-state index is -5.71. The second kappa shape index (κ2) is 13.4. The van der Waals surface area contributed by atoms with E-state index in [9.17, 15) is 38.0 Å². The molecule has 44 heavy (non-hydrogen) atoms. The predicted molar refractivity (Wildman–Crippen MR) is 148 cm³/mol. The van der Waals surface area contributed by atoms with Crippen LogP contribution in [0, 0.1) is 0 Å². The van der Waals surface area contributed by atoms with Crippen LogP contribution in [0.25, 0.3) is 0 Å². The van der Waals surface area contributed by atoms with E-state index in [2.05, 4.69) is 18.1 Å². The molecule has 0 radical (unpaired) electrons. The van der Waals surface area contributed by atoms with E-state index in [1.165, 1.54) is 6.20 Å². The molecule has 2 aromatic carbocycles. The first-order chi connectivity index (χ1) is 20.8. The molecule has 0 saturated carbocycles. The number of rotatable bonds is 13. The first-order valence-electron chi connectivity index (χ1n) is 12.8. The topological polar surface area (TPSA) is 231 Å². The van der Waals surface area contributed by atoms with Crippen molar-refractivity contribution >= 4 is 23.5 Å². The molecule has 17 nitrogen and oxygen atoms in total. The van der Waals surface area contributed by atoms with Gasteiger partial charge in [-0.05, 0) is 11.1 Å². The molecule has 0 aliphatic carbocycles. The zero-order valence-corrected chi connectivity index (χ0v) is 25.1. The Labute approximate surface area is 248 Å². The Hall–Kier alpha value is -2.59. The molecule has 1 aromatic heterocycles. The van der Waals surface area contributed by atoms with Gasteiger partial charge in [0.15, 0.2) is 12.5 Å². The molecular formula is C24H27N2O15P3. The van der Waals surface area contributed by atoms with E-state index in [1.807, 2.05) is 30.3 Å². The second-order valence-corrected chi connectivity index (χ2v) is 14.2. The van der Waals surface area contributed by atoms with Crippen LogP contribution in [0.5, 0.6) is 0 Å². The maximum Gasteiger partial charge on any atom is 0.490 e. The van der Waals surface area contributed by atoms with Crippen LogP contribution in [0.15, 0.2) is 82.5 Å². The van der Waals surface area contributed by atoms with E-state index < -0.39 is 78.8 Å². The SMILES string of the molecule is O=c1ccn([C@@H]2O[C@H](COP(=O)(O)OP(=O)(O)OP(=O)(O)OCc3ccccc3)C3OC(Cc4ccccc4)O[C@@H]32)c(=O)[nH]1. The summed E-state index contributed by atoms with van der Waals surface area (Å²) < 4.78 is 73.6. The van der Waals surface area contributed by atoms with Crippen LogP contribution in [0.1, 0.15) is 17.4 Å². The smallest absolute Gasteiger partial charge is 0.346 e. The summed E-state index contributed by atoms with van der Waals surface area (Å²) in [5.74, 6) is 0. The quantitative estimate of drug-likeness (QED) is 0.190. The number of phosphoric ester groups is 2. The lowest BCUT2D eigenvalue weighted by Gasteiger charge is -2.22. The summed E-state index contributed by atoms with van der Waals surface area (Å²) in [6.45, 7) is -1.29. The van der Waals surface area contributed by atoms with Crippen LogP contribution in [0.3, 0.4) is 0 Å². The lowest BCUT2D eigenvalue weighted by Crippen LogP contribution is -2.36. The summed E-state index contributed by atoms with van der Waals surface area (Å²) in [5, 5.41) is 0. The van der Waals surface area contributed by atoms with Gasteiger partial charge >= 0.3 is 29.2 Å². The maximum absolute atomic E-state index is 12.6. The number of ether oxygens (including phenoxy) is 3. The fourth-order valence-electron chi connectivity index (χ4n) is 4.51. The first kappa shape index (κ1) is 32.8. The zero-order valence-electron chi connectivity index (χ0n) is 22.5. The summed E-state index contributed by atoms with van der Waals surface area (Å²) in [7, 11) is -16.4. The van der Waals surface area contributed by atoms with Gasteiger partial charge in [-0.15, -0.1) is 0 Å². The molecule has 3 aromatic rings. The fraction of sp³-hybridized carbons (Fsp3) is 0.333. The first-order valence-corrected chi connectivity index (χ1v) is 17.3. The molecule has 5 unspecified atom stereocenters. The average Bonchev–Trinajstić information content (AvgIpc) is 3.50. The molecule has 20 heteroatoms. The van der Waals surface area contributed by atoms with Gasteiger partial charge < -0.3 is 28.9 Å². The second-order valence-electron chi connectivity index (χ2n) is 9.53. The molecule has 5 rings (SSSR count). The van der Waals surface area contributed by atoms with Gasteiger partial charge in [-0.2, -0.15) is 8.62 Å². The Balaban J connectivity index is 1.24. The molecule has 3 heterocycles. The minimum Gasteiger partial charge on any atom is -0.346 e. The lowest BCUT2D eigenvalue weighted by molar-refractivity contribution is -0.150.